The molecule has 1 aromatic heterocycles. The molecule has 0 spiro atoms. The molecule has 0 saturated heterocycles. The molecule has 150 valence electrons. The molecule has 1 amide bonds. The summed E-state index contributed by atoms with van der Waals surface area (Å²) in [5.74, 6) is 1.43. The largest absolute Gasteiger partial charge is 0.454 e. The molecule has 0 atom stereocenters. The van der Waals surface area contributed by atoms with Crippen LogP contribution in [-0.2, 0) is 11.2 Å². The van der Waals surface area contributed by atoms with Crippen molar-refractivity contribution in [2.75, 3.05) is 13.3 Å². The van der Waals surface area contributed by atoms with Crippen LogP contribution in [0.25, 0.3) is 10.6 Å². The van der Waals surface area contributed by atoms with Crippen molar-refractivity contribution in [3.63, 3.8) is 0 Å². The van der Waals surface area contributed by atoms with Gasteiger partial charge in [-0.2, -0.15) is 0 Å². The monoisotopic (exact) mass is 433 g/mol. The van der Waals surface area contributed by atoms with Gasteiger partial charge in [-0.25, -0.2) is 4.98 Å². The van der Waals surface area contributed by atoms with Crippen LogP contribution in [0.1, 0.15) is 32.4 Å². The molecule has 1 aliphatic heterocycles. The fourth-order valence-corrected chi connectivity index (χ4v) is 3.64. The molecule has 0 fully saturated rings. The number of amides is 1. The quantitative estimate of drug-likeness (QED) is 0.696. The average Bonchev–Trinajstić information content (AvgIpc) is 3.28. The van der Waals surface area contributed by atoms with Crippen molar-refractivity contribution in [2.45, 2.75) is 38.6 Å². The number of nitrogens with two attached hydrogens (primary N) is 1. The third kappa shape index (κ3) is 5.25. The van der Waals surface area contributed by atoms with Crippen molar-refractivity contribution in [3.8, 4) is 22.1 Å². The van der Waals surface area contributed by atoms with E-state index in [0.29, 0.717) is 6.54 Å². The van der Waals surface area contributed by atoms with E-state index in [9.17, 15) is 4.79 Å². The highest BCUT2D eigenvalue weighted by Gasteiger charge is 2.26. The van der Waals surface area contributed by atoms with Crippen molar-refractivity contribution in [1.29, 1.82) is 0 Å². The molecular weight excluding hydrogens is 409 g/mol. The lowest BCUT2D eigenvalue weighted by Gasteiger charge is -2.31. The van der Waals surface area contributed by atoms with Crippen molar-refractivity contribution < 1.29 is 14.3 Å². The van der Waals surface area contributed by atoms with Gasteiger partial charge in [0.05, 0.1) is 17.7 Å². The van der Waals surface area contributed by atoms with Gasteiger partial charge in [-0.1, -0.05) is 13.8 Å². The van der Waals surface area contributed by atoms with Crippen LogP contribution in [0.15, 0.2) is 23.6 Å². The normalized spacial score (nSPS) is 12.1. The van der Waals surface area contributed by atoms with Crippen LogP contribution in [0.3, 0.4) is 0 Å². The average molecular weight is 434 g/mol. The molecule has 0 radical (unpaired) electrons. The van der Waals surface area contributed by atoms with E-state index in [1.165, 1.54) is 11.3 Å². The lowest BCUT2D eigenvalue weighted by molar-refractivity contribution is -0.122. The number of hydrogen-bond acceptors (Lipinski definition) is 6. The summed E-state index contributed by atoms with van der Waals surface area (Å²) in [6, 6.07) is 5.74. The highest BCUT2D eigenvalue weighted by Crippen LogP contribution is 2.36. The van der Waals surface area contributed by atoms with E-state index in [2.05, 4.69) is 10.3 Å². The molecule has 2 heterocycles. The Kier molecular flexibility index (Phi) is 8.81. The Morgan fingerprint density at radius 1 is 1.26 bits per heavy atom. The van der Waals surface area contributed by atoms with Crippen molar-refractivity contribution >= 4 is 42.1 Å². The summed E-state index contributed by atoms with van der Waals surface area (Å²) in [7, 11) is 0. The van der Waals surface area contributed by atoms with Crippen molar-refractivity contribution in [1.82, 2.24) is 10.3 Å². The van der Waals surface area contributed by atoms with Gasteiger partial charge in [0, 0.05) is 17.5 Å². The fourth-order valence-electron chi connectivity index (χ4n) is 2.82. The minimum atomic E-state index is -0.326. The number of benzene rings is 1. The maximum Gasteiger partial charge on any atom is 0.231 e. The lowest BCUT2D eigenvalue weighted by Crippen LogP contribution is -2.53. The molecule has 3 N–H and O–H groups in total. The lowest BCUT2D eigenvalue weighted by atomic mass is 9.92. The number of carbonyl (C=O) groups excluding carboxylic acids is 1. The fraction of sp³-hybridized carbons (Fsp3) is 0.444. The predicted octanol–water partition coefficient (Wildman–Crippen LogP) is 3.56. The summed E-state index contributed by atoms with van der Waals surface area (Å²) < 4.78 is 10.7. The van der Waals surface area contributed by atoms with E-state index in [1.54, 1.807) is 0 Å². The van der Waals surface area contributed by atoms with Crippen molar-refractivity contribution in [2.24, 2.45) is 5.73 Å². The van der Waals surface area contributed by atoms with Gasteiger partial charge in [0.15, 0.2) is 11.5 Å². The molecule has 0 bridgehead atoms. The number of rotatable bonds is 7. The van der Waals surface area contributed by atoms with E-state index in [0.717, 1.165) is 40.6 Å². The second-order valence-corrected chi connectivity index (χ2v) is 6.99. The molecule has 1 aliphatic rings. The molecule has 3 rings (SSSR count). The topological polar surface area (TPSA) is 86.5 Å². The minimum absolute atomic E-state index is 0. The van der Waals surface area contributed by atoms with Crippen LogP contribution >= 0.6 is 36.2 Å². The molecule has 1 aromatic carbocycles. The van der Waals surface area contributed by atoms with Gasteiger partial charge in [-0.3, -0.25) is 4.79 Å². The first-order chi connectivity index (χ1) is 12.1. The van der Waals surface area contributed by atoms with E-state index in [4.69, 9.17) is 15.2 Å². The van der Waals surface area contributed by atoms with Gasteiger partial charge >= 0.3 is 0 Å². The van der Waals surface area contributed by atoms with Crippen LogP contribution in [0.4, 0.5) is 0 Å². The molecule has 0 unspecified atom stereocenters. The second-order valence-electron chi connectivity index (χ2n) is 6.13. The Morgan fingerprint density at radius 3 is 2.63 bits per heavy atom. The number of hydrogen-bond donors (Lipinski definition) is 2. The number of nitrogens with one attached hydrogen (secondary N) is 1. The summed E-state index contributed by atoms with van der Waals surface area (Å²) in [6.45, 7) is 4.76. The third-order valence-corrected chi connectivity index (χ3v) is 5.60. The zero-order valence-electron chi connectivity index (χ0n) is 15.3. The molecule has 27 heavy (non-hydrogen) atoms. The van der Waals surface area contributed by atoms with E-state index in [1.807, 2.05) is 37.4 Å². The smallest absolute Gasteiger partial charge is 0.231 e. The first-order valence-corrected chi connectivity index (χ1v) is 9.32. The number of thiazole rings is 1. The maximum atomic E-state index is 12.4. The molecular formula is C18H25Cl2N3O3S. The summed E-state index contributed by atoms with van der Waals surface area (Å²) in [5.41, 5.74) is 7.23. The Labute approximate surface area is 175 Å². The van der Waals surface area contributed by atoms with Gasteiger partial charge in [0.1, 0.15) is 5.01 Å². The third-order valence-electron chi connectivity index (χ3n) is 4.66. The van der Waals surface area contributed by atoms with E-state index < -0.39 is 0 Å². The number of carbonyl (C=O) groups is 1. The first kappa shape index (κ1) is 23.5. The van der Waals surface area contributed by atoms with Gasteiger partial charge < -0.3 is 20.5 Å². The number of ether oxygens (including phenoxy) is 2. The summed E-state index contributed by atoms with van der Waals surface area (Å²) in [6.07, 6.45) is 1.87. The maximum absolute atomic E-state index is 12.4. The Bertz CT molecular complexity index is 758. The number of fused-ring (bicyclic) bond motifs is 1. The van der Waals surface area contributed by atoms with Crippen LogP contribution in [-0.4, -0.2) is 29.8 Å². The van der Waals surface area contributed by atoms with Gasteiger partial charge in [-0.05, 0) is 31.0 Å². The number of nitrogens with zero attached hydrogens (tertiary/aromatic N) is 1. The van der Waals surface area contributed by atoms with Crippen molar-refractivity contribution in [3.05, 3.63) is 29.3 Å². The zero-order valence-corrected chi connectivity index (χ0v) is 17.8. The molecule has 9 heteroatoms. The van der Waals surface area contributed by atoms with Gasteiger partial charge in [0.2, 0.25) is 12.7 Å². The number of aromatic nitrogens is 1. The Balaban J connectivity index is 0.00000182. The van der Waals surface area contributed by atoms with Crippen LogP contribution < -0.4 is 20.5 Å². The zero-order chi connectivity index (χ0) is 17.9. The summed E-state index contributed by atoms with van der Waals surface area (Å²) in [5, 5.41) is 5.85. The van der Waals surface area contributed by atoms with E-state index >= 15 is 0 Å². The van der Waals surface area contributed by atoms with Crippen LogP contribution in [0.2, 0.25) is 0 Å². The molecule has 0 aliphatic carbocycles. The SMILES string of the molecule is CCC(CC)(CN)NC(=O)Cc1csc(-c2ccc3c(c2)OCO3)n1.Cl.Cl. The summed E-state index contributed by atoms with van der Waals surface area (Å²) in [4.78, 5) is 16.9. The Hall–Kier alpha value is -1.54. The first-order valence-electron chi connectivity index (χ1n) is 8.44. The molecule has 6 nitrogen and oxygen atoms in total. The molecule has 2 aromatic rings. The standard InChI is InChI=1S/C18H23N3O3S.2ClH/c1-3-18(4-2,10-19)21-16(22)8-13-9-25-17(20-13)12-5-6-14-15(7-12)24-11-23-14;;/h5-7,9H,3-4,8,10-11,19H2,1-2H3,(H,21,22);2*1H. The predicted molar refractivity (Wildman–Crippen MR) is 112 cm³/mol. The Morgan fingerprint density at radius 2 is 1.96 bits per heavy atom. The highest BCUT2D eigenvalue weighted by atomic mass is 35.5. The van der Waals surface area contributed by atoms with Gasteiger partial charge in [-0.15, -0.1) is 36.2 Å². The second kappa shape index (κ2) is 10.1. The van der Waals surface area contributed by atoms with Crippen LogP contribution in [0, 0.1) is 0 Å². The number of halogens is 2. The molecule has 0 saturated carbocycles. The van der Waals surface area contributed by atoms with E-state index in [-0.39, 0.29) is 49.5 Å². The van der Waals surface area contributed by atoms with Crippen LogP contribution in [0.5, 0.6) is 11.5 Å². The summed E-state index contributed by atoms with van der Waals surface area (Å²) >= 11 is 1.51. The minimum Gasteiger partial charge on any atom is -0.454 e. The van der Waals surface area contributed by atoms with Gasteiger partial charge in [0.25, 0.3) is 0 Å². The highest BCUT2D eigenvalue weighted by molar-refractivity contribution is 7.13.